The largest absolute Gasteiger partial charge is 0.355 e. The van der Waals surface area contributed by atoms with Crippen LogP contribution >= 0.6 is 11.3 Å². The van der Waals surface area contributed by atoms with Gasteiger partial charge in [0, 0.05) is 31.6 Å². The van der Waals surface area contributed by atoms with Crippen LogP contribution in [-0.2, 0) is 11.2 Å². The Hall–Kier alpha value is -2.45. The van der Waals surface area contributed by atoms with Gasteiger partial charge in [-0.25, -0.2) is 4.39 Å². The Morgan fingerprint density at radius 2 is 1.97 bits per heavy atom. The first-order valence-electron chi connectivity index (χ1n) is 10.4. The molecule has 3 N–H and O–H groups in total. The molecular formula is C22H30FN5OS. The summed E-state index contributed by atoms with van der Waals surface area (Å²) in [5, 5.41) is 11.6. The molecule has 1 aromatic heterocycles. The van der Waals surface area contributed by atoms with Gasteiger partial charge in [0.15, 0.2) is 5.96 Å². The van der Waals surface area contributed by atoms with Crippen molar-refractivity contribution in [3.63, 3.8) is 0 Å². The van der Waals surface area contributed by atoms with Gasteiger partial charge in [-0.15, -0.1) is 11.3 Å². The van der Waals surface area contributed by atoms with Gasteiger partial charge < -0.3 is 16.0 Å². The van der Waals surface area contributed by atoms with Gasteiger partial charge in [-0.2, -0.15) is 0 Å². The number of hydrogen-bond acceptors (Lipinski definition) is 4. The maximum absolute atomic E-state index is 13.2. The minimum atomic E-state index is -0.327. The number of amides is 1. The summed E-state index contributed by atoms with van der Waals surface area (Å²) in [4.78, 5) is 20.2. The first-order valence-corrected chi connectivity index (χ1v) is 11.3. The summed E-state index contributed by atoms with van der Waals surface area (Å²) in [7, 11) is 1.74. The lowest BCUT2D eigenvalue weighted by atomic mass is 10.1. The number of hydrogen-bond donors (Lipinski definition) is 3. The van der Waals surface area contributed by atoms with E-state index < -0.39 is 0 Å². The van der Waals surface area contributed by atoms with Gasteiger partial charge in [-0.3, -0.25) is 14.7 Å². The van der Waals surface area contributed by atoms with E-state index in [1.54, 1.807) is 30.5 Å². The van der Waals surface area contributed by atoms with E-state index in [1.807, 2.05) is 0 Å². The van der Waals surface area contributed by atoms with E-state index in [2.05, 4.69) is 43.4 Å². The Morgan fingerprint density at radius 3 is 2.67 bits per heavy atom. The zero-order valence-electron chi connectivity index (χ0n) is 17.4. The Bertz CT molecular complexity index is 821. The fourth-order valence-corrected chi connectivity index (χ4v) is 4.50. The number of aliphatic imine (C=N–C) groups is 1. The van der Waals surface area contributed by atoms with Gasteiger partial charge in [-0.05, 0) is 55.1 Å². The highest BCUT2D eigenvalue weighted by atomic mass is 32.1. The molecule has 8 heteroatoms. The first-order chi connectivity index (χ1) is 14.7. The normalized spacial score (nSPS) is 15.7. The summed E-state index contributed by atoms with van der Waals surface area (Å²) in [6.07, 6.45) is 2.68. The molecule has 1 aliphatic rings. The lowest BCUT2D eigenvalue weighted by Crippen LogP contribution is -2.44. The highest BCUT2D eigenvalue weighted by Gasteiger charge is 2.24. The molecule has 2 heterocycles. The van der Waals surface area contributed by atoms with Crippen molar-refractivity contribution in [1.82, 2.24) is 20.9 Å². The Morgan fingerprint density at radius 1 is 1.17 bits per heavy atom. The van der Waals surface area contributed by atoms with Crippen LogP contribution in [0, 0.1) is 5.82 Å². The summed E-state index contributed by atoms with van der Waals surface area (Å²) in [6, 6.07) is 10.8. The number of carbonyl (C=O) groups excluding carboxylic acids is 1. The molecule has 1 saturated heterocycles. The Kier molecular flexibility index (Phi) is 8.65. The predicted molar refractivity (Wildman–Crippen MR) is 120 cm³/mol. The van der Waals surface area contributed by atoms with Crippen LogP contribution in [-0.4, -0.2) is 56.5 Å². The minimum absolute atomic E-state index is 0.128. The van der Waals surface area contributed by atoms with Gasteiger partial charge in [-0.1, -0.05) is 18.2 Å². The molecule has 30 heavy (non-hydrogen) atoms. The molecule has 0 radical (unpaired) electrons. The summed E-state index contributed by atoms with van der Waals surface area (Å²) in [6.45, 7) is 4.07. The molecule has 0 spiro atoms. The first kappa shape index (κ1) is 22.2. The summed E-state index contributed by atoms with van der Waals surface area (Å²) >= 11 is 1.79. The van der Waals surface area contributed by atoms with E-state index in [0.29, 0.717) is 24.7 Å². The minimum Gasteiger partial charge on any atom is -0.355 e. The van der Waals surface area contributed by atoms with Crippen LogP contribution in [0.25, 0.3) is 0 Å². The van der Waals surface area contributed by atoms with Gasteiger partial charge in [0.2, 0.25) is 5.91 Å². The lowest BCUT2D eigenvalue weighted by molar-refractivity contribution is -0.120. The number of thiophene rings is 1. The number of nitrogens with one attached hydrogen (secondary N) is 3. The summed E-state index contributed by atoms with van der Waals surface area (Å²) in [5.41, 5.74) is 0.666. The van der Waals surface area contributed by atoms with E-state index in [9.17, 15) is 9.18 Å². The van der Waals surface area contributed by atoms with Crippen LogP contribution in [0.2, 0.25) is 0 Å². The molecule has 1 amide bonds. The molecule has 1 unspecified atom stereocenters. The number of likely N-dealkylation sites (tertiary alicyclic amines) is 1. The smallest absolute Gasteiger partial charge is 0.224 e. The van der Waals surface area contributed by atoms with E-state index in [1.165, 1.54) is 29.9 Å². The third kappa shape index (κ3) is 6.81. The maximum Gasteiger partial charge on any atom is 0.224 e. The fourth-order valence-electron chi connectivity index (χ4n) is 3.64. The Labute approximate surface area is 181 Å². The SMILES string of the molecule is CN=C(NCCNC(=O)Cc1cccc(F)c1)NCC(c1cccs1)N1CCCC1. The quantitative estimate of drug-likeness (QED) is 0.324. The fraction of sp³-hybridized carbons (Fsp3) is 0.455. The van der Waals surface area contributed by atoms with Crippen LogP contribution in [0.1, 0.15) is 29.3 Å². The van der Waals surface area contributed by atoms with Crippen molar-refractivity contribution in [3.05, 3.63) is 58.0 Å². The van der Waals surface area contributed by atoms with Gasteiger partial charge in [0.1, 0.15) is 5.82 Å². The van der Waals surface area contributed by atoms with Crippen molar-refractivity contribution >= 4 is 23.2 Å². The molecule has 2 aromatic rings. The second-order valence-electron chi connectivity index (χ2n) is 7.31. The van der Waals surface area contributed by atoms with Gasteiger partial charge in [0.25, 0.3) is 0 Å². The summed E-state index contributed by atoms with van der Waals surface area (Å²) < 4.78 is 13.2. The van der Waals surface area contributed by atoms with Crippen molar-refractivity contribution in [1.29, 1.82) is 0 Å². The van der Waals surface area contributed by atoms with Gasteiger partial charge in [0.05, 0.1) is 12.5 Å². The number of nitrogens with zero attached hydrogens (tertiary/aromatic N) is 2. The molecule has 1 fully saturated rings. The topological polar surface area (TPSA) is 68.8 Å². The highest BCUT2D eigenvalue weighted by Crippen LogP contribution is 2.27. The molecule has 162 valence electrons. The number of halogens is 1. The van der Waals surface area contributed by atoms with Crippen LogP contribution in [0.5, 0.6) is 0 Å². The predicted octanol–water partition coefficient (Wildman–Crippen LogP) is 2.55. The van der Waals surface area contributed by atoms with E-state index in [-0.39, 0.29) is 18.1 Å². The van der Waals surface area contributed by atoms with Crippen molar-refractivity contribution in [2.75, 3.05) is 39.8 Å². The van der Waals surface area contributed by atoms with Crippen molar-refractivity contribution in [2.24, 2.45) is 4.99 Å². The van der Waals surface area contributed by atoms with Crippen molar-refractivity contribution in [3.8, 4) is 0 Å². The third-order valence-corrected chi connectivity index (χ3v) is 6.11. The van der Waals surface area contributed by atoms with Crippen LogP contribution < -0.4 is 16.0 Å². The molecule has 6 nitrogen and oxygen atoms in total. The van der Waals surface area contributed by atoms with Crippen molar-refractivity contribution < 1.29 is 9.18 Å². The standard InChI is InChI=1S/C22H30FN5OS/c1-24-22(26-10-9-25-21(29)15-17-6-4-7-18(23)14-17)27-16-19(20-8-5-13-30-20)28-11-2-3-12-28/h4-8,13-14,19H,2-3,9-12,15-16H2,1H3,(H,25,29)(H2,24,26,27). The molecule has 0 bridgehead atoms. The van der Waals surface area contributed by atoms with Crippen LogP contribution in [0.3, 0.4) is 0 Å². The van der Waals surface area contributed by atoms with Crippen LogP contribution in [0.4, 0.5) is 4.39 Å². The molecule has 1 atom stereocenters. The number of benzene rings is 1. The van der Waals surface area contributed by atoms with Crippen LogP contribution in [0.15, 0.2) is 46.8 Å². The second kappa shape index (κ2) is 11.7. The zero-order valence-corrected chi connectivity index (χ0v) is 18.2. The number of carbonyl (C=O) groups is 1. The summed E-state index contributed by atoms with van der Waals surface area (Å²) in [5.74, 6) is 0.263. The van der Waals surface area contributed by atoms with Crippen molar-refractivity contribution in [2.45, 2.75) is 25.3 Å². The molecule has 3 rings (SSSR count). The monoisotopic (exact) mass is 431 g/mol. The molecule has 1 aromatic carbocycles. The van der Waals surface area contributed by atoms with E-state index in [0.717, 1.165) is 25.6 Å². The zero-order chi connectivity index (χ0) is 21.2. The third-order valence-electron chi connectivity index (χ3n) is 5.13. The van der Waals surface area contributed by atoms with E-state index in [4.69, 9.17) is 0 Å². The van der Waals surface area contributed by atoms with Gasteiger partial charge >= 0.3 is 0 Å². The number of rotatable bonds is 9. The molecule has 1 aliphatic heterocycles. The average Bonchev–Trinajstić information content (AvgIpc) is 3.44. The average molecular weight is 432 g/mol. The maximum atomic E-state index is 13.2. The van der Waals surface area contributed by atoms with E-state index >= 15 is 0 Å². The highest BCUT2D eigenvalue weighted by molar-refractivity contribution is 7.10. The molecule has 0 aliphatic carbocycles. The molecule has 0 saturated carbocycles. The molecular weight excluding hydrogens is 401 g/mol. The lowest BCUT2D eigenvalue weighted by Gasteiger charge is -2.27. The Balaban J connectivity index is 1.39. The second-order valence-corrected chi connectivity index (χ2v) is 8.29. The number of guanidine groups is 1.